The molecule has 1 aliphatic rings. The smallest absolute Gasteiger partial charge is 0.123 e. The molecule has 1 N–H and O–H groups in total. The maximum atomic E-state index is 13.2. The average Bonchev–Trinajstić information content (AvgIpc) is 2.93. The first-order chi connectivity index (χ1) is 9.11. The van der Waals surface area contributed by atoms with Gasteiger partial charge in [-0.3, -0.25) is 4.99 Å². The van der Waals surface area contributed by atoms with Gasteiger partial charge in [-0.2, -0.15) is 0 Å². The van der Waals surface area contributed by atoms with E-state index in [2.05, 4.69) is 18.8 Å². The molecule has 100 valence electrons. The summed E-state index contributed by atoms with van der Waals surface area (Å²) in [5.74, 6) is 1.53. The van der Waals surface area contributed by atoms with Crippen LogP contribution in [0.1, 0.15) is 26.0 Å². The molecule has 1 atom stereocenters. The minimum absolute atomic E-state index is 0.197. The van der Waals surface area contributed by atoms with E-state index in [1.54, 1.807) is 23.9 Å². The molecule has 1 aliphatic heterocycles. The van der Waals surface area contributed by atoms with Gasteiger partial charge in [0.2, 0.25) is 0 Å². The van der Waals surface area contributed by atoms with Gasteiger partial charge in [-0.25, -0.2) is 4.39 Å². The van der Waals surface area contributed by atoms with Gasteiger partial charge >= 0.3 is 0 Å². The molecule has 1 aromatic heterocycles. The summed E-state index contributed by atoms with van der Waals surface area (Å²) >= 11 is 1.79. The Labute approximate surface area is 116 Å². The van der Waals surface area contributed by atoms with Gasteiger partial charge in [0.15, 0.2) is 0 Å². The van der Waals surface area contributed by atoms with E-state index in [9.17, 15) is 4.39 Å². The van der Waals surface area contributed by atoms with Crippen molar-refractivity contribution in [2.24, 2.45) is 10.9 Å². The lowest BCUT2D eigenvalue weighted by Gasteiger charge is -2.07. The van der Waals surface area contributed by atoms with Crippen LogP contribution in [0.15, 0.2) is 29.3 Å². The van der Waals surface area contributed by atoms with Crippen molar-refractivity contribution < 1.29 is 4.39 Å². The second kappa shape index (κ2) is 5.00. The van der Waals surface area contributed by atoms with E-state index in [0.717, 1.165) is 33.8 Å². The van der Waals surface area contributed by atoms with Gasteiger partial charge in [-0.1, -0.05) is 13.8 Å². The summed E-state index contributed by atoms with van der Waals surface area (Å²) in [4.78, 5) is 8.09. The highest BCUT2D eigenvalue weighted by molar-refractivity contribution is 8.14. The summed E-state index contributed by atoms with van der Waals surface area (Å²) in [5.41, 5.74) is 1.98. The molecule has 19 heavy (non-hydrogen) atoms. The Bertz CT molecular complexity index is 630. The molecule has 0 saturated carbocycles. The molecule has 0 bridgehead atoms. The second-order valence-corrected chi connectivity index (χ2v) is 6.45. The molecule has 2 aromatic rings. The fraction of sp³-hybridized carbons (Fsp3) is 0.400. The lowest BCUT2D eigenvalue weighted by molar-refractivity contribution is 0.529. The molecule has 4 heteroatoms. The number of nitrogens with one attached hydrogen (secondary N) is 1. The summed E-state index contributed by atoms with van der Waals surface area (Å²) in [6.45, 7) is 4.45. The van der Waals surface area contributed by atoms with Crippen molar-refractivity contribution >= 4 is 27.7 Å². The van der Waals surface area contributed by atoms with E-state index < -0.39 is 0 Å². The van der Waals surface area contributed by atoms with Crippen LogP contribution in [0.25, 0.3) is 10.9 Å². The number of hydrogen-bond donors (Lipinski definition) is 1. The minimum Gasteiger partial charge on any atom is -0.353 e. The van der Waals surface area contributed by atoms with E-state index in [1.807, 2.05) is 6.07 Å². The van der Waals surface area contributed by atoms with E-state index in [1.165, 1.54) is 6.07 Å². The third-order valence-corrected chi connectivity index (χ3v) is 4.42. The standard InChI is InChI=1S/C15H17FN2S/c1-9(2)5-12-8-19-15(17-12)14-7-10-6-11(16)3-4-13(10)18-14/h3-4,6-7,9,12,18H,5,8H2,1-2H3. The highest BCUT2D eigenvalue weighted by atomic mass is 32.2. The molecule has 0 fully saturated rings. The largest absolute Gasteiger partial charge is 0.353 e. The Balaban J connectivity index is 1.88. The fourth-order valence-corrected chi connectivity index (χ4v) is 3.50. The number of aliphatic imine (C=N–C) groups is 1. The monoisotopic (exact) mass is 276 g/mol. The highest BCUT2D eigenvalue weighted by Crippen LogP contribution is 2.28. The Kier molecular flexibility index (Phi) is 3.35. The maximum absolute atomic E-state index is 13.2. The van der Waals surface area contributed by atoms with Gasteiger partial charge < -0.3 is 4.98 Å². The van der Waals surface area contributed by atoms with Crippen molar-refractivity contribution in [3.63, 3.8) is 0 Å². The zero-order valence-corrected chi connectivity index (χ0v) is 11.9. The molecule has 1 unspecified atom stereocenters. The summed E-state index contributed by atoms with van der Waals surface area (Å²) in [6.07, 6.45) is 1.13. The molecule has 0 amide bonds. The lowest BCUT2D eigenvalue weighted by atomic mass is 10.1. The third-order valence-electron chi connectivity index (χ3n) is 3.27. The van der Waals surface area contributed by atoms with Crippen molar-refractivity contribution in [2.45, 2.75) is 26.3 Å². The van der Waals surface area contributed by atoms with E-state index in [4.69, 9.17) is 4.99 Å². The van der Waals surface area contributed by atoms with Crippen LogP contribution in [0.4, 0.5) is 4.39 Å². The zero-order valence-electron chi connectivity index (χ0n) is 11.1. The Morgan fingerprint density at radius 3 is 3.05 bits per heavy atom. The first-order valence-electron chi connectivity index (χ1n) is 6.61. The average molecular weight is 276 g/mol. The highest BCUT2D eigenvalue weighted by Gasteiger charge is 2.21. The first kappa shape index (κ1) is 12.7. The third kappa shape index (κ3) is 2.68. The first-order valence-corrected chi connectivity index (χ1v) is 7.59. The number of nitrogens with zero attached hydrogens (tertiary/aromatic N) is 1. The van der Waals surface area contributed by atoms with Crippen LogP contribution in [0, 0.1) is 11.7 Å². The summed E-state index contributed by atoms with van der Waals surface area (Å²) in [7, 11) is 0. The number of aromatic nitrogens is 1. The molecule has 0 radical (unpaired) electrons. The molecule has 0 saturated heterocycles. The Hall–Kier alpha value is -1.29. The topological polar surface area (TPSA) is 28.1 Å². The number of halogens is 1. The molecular formula is C15H17FN2S. The molecule has 2 heterocycles. The van der Waals surface area contributed by atoms with E-state index >= 15 is 0 Å². The predicted octanol–water partition coefficient (Wildman–Crippen LogP) is 4.22. The molecule has 1 aromatic carbocycles. The Morgan fingerprint density at radius 2 is 2.26 bits per heavy atom. The van der Waals surface area contributed by atoms with Gasteiger partial charge in [0, 0.05) is 16.7 Å². The van der Waals surface area contributed by atoms with Crippen molar-refractivity contribution in [1.29, 1.82) is 0 Å². The van der Waals surface area contributed by atoms with Crippen LogP contribution < -0.4 is 0 Å². The van der Waals surface area contributed by atoms with Gasteiger partial charge in [0.05, 0.1) is 11.7 Å². The van der Waals surface area contributed by atoms with E-state index in [0.29, 0.717) is 12.0 Å². The van der Waals surface area contributed by atoms with Gasteiger partial charge in [0.1, 0.15) is 10.9 Å². The normalized spacial score (nSPS) is 19.4. The number of thioether (sulfide) groups is 1. The van der Waals surface area contributed by atoms with Crippen LogP contribution in [0.2, 0.25) is 0 Å². The van der Waals surface area contributed by atoms with Gasteiger partial charge in [0.25, 0.3) is 0 Å². The van der Waals surface area contributed by atoms with Crippen LogP contribution >= 0.6 is 11.8 Å². The number of fused-ring (bicyclic) bond motifs is 1. The van der Waals surface area contributed by atoms with Crippen LogP contribution in [-0.4, -0.2) is 21.8 Å². The number of hydrogen-bond acceptors (Lipinski definition) is 2. The Morgan fingerprint density at radius 1 is 1.42 bits per heavy atom. The summed E-state index contributed by atoms with van der Waals surface area (Å²) in [5, 5.41) is 1.97. The lowest BCUT2D eigenvalue weighted by Crippen LogP contribution is -2.07. The minimum atomic E-state index is -0.197. The molecular weight excluding hydrogens is 259 g/mol. The molecule has 0 aliphatic carbocycles. The SMILES string of the molecule is CC(C)CC1CSC(c2cc3cc(F)ccc3[nH]2)=N1. The molecule has 2 nitrogen and oxygen atoms in total. The van der Waals surface area contributed by atoms with Crippen molar-refractivity contribution in [2.75, 3.05) is 5.75 Å². The van der Waals surface area contributed by atoms with Crippen molar-refractivity contribution in [3.8, 4) is 0 Å². The van der Waals surface area contributed by atoms with Crippen molar-refractivity contribution in [1.82, 2.24) is 4.98 Å². The van der Waals surface area contributed by atoms with Crippen LogP contribution in [0.5, 0.6) is 0 Å². The van der Waals surface area contributed by atoms with Crippen LogP contribution in [-0.2, 0) is 0 Å². The summed E-state index contributed by atoms with van der Waals surface area (Å²) < 4.78 is 13.2. The maximum Gasteiger partial charge on any atom is 0.123 e. The quantitative estimate of drug-likeness (QED) is 0.893. The van der Waals surface area contributed by atoms with Gasteiger partial charge in [-0.15, -0.1) is 11.8 Å². The number of benzene rings is 1. The molecule has 3 rings (SSSR count). The predicted molar refractivity (Wildman–Crippen MR) is 80.5 cm³/mol. The van der Waals surface area contributed by atoms with Crippen LogP contribution in [0.3, 0.4) is 0 Å². The fourth-order valence-electron chi connectivity index (χ4n) is 2.45. The van der Waals surface area contributed by atoms with E-state index in [-0.39, 0.29) is 5.82 Å². The number of H-pyrrole nitrogens is 1. The number of aromatic amines is 1. The zero-order chi connectivity index (χ0) is 13.4. The van der Waals surface area contributed by atoms with Crippen molar-refractivity contribution in [3.05, 3.63) is 35.8 Å². The van der Waals surface area contributed by atoms with Gasteiger partial charge in [-0.05, 0) is 36.6 Å². The second-order valence-electron chi connectivity index (χ2n) is 5.44. The summed E-state index contributed by atoms with van der Waals surface area (Å²) in [6, 6.07) is 7.22. The number of rotatable bonds is 3. The molecule has 0 spiro atoms.